The van der Waals surface area contributed by atoms with Crippen LogP contribution in [0.2, 0.25) is 0 Å². The predicted octanol–water partition coefficient (Wildman–Crippen LogP) is 3.15. The Morgan fingerprint density at radius 2 is 1.81 bits per heavy atom. The average molecular weight is 217 g/mol. The minimum absolute atomic E-state index is 0.385. The van der Waals surface area contributed by atoms with E-state index in [0.717, 1.165) is 11.5 Å². The van der Waals surface area contributed by atoms with Crippen molar-refractivity contribution in [3.63, 3.8) is 0 Å². The summed E-state index contributed by atoms with van der Waals surface area (Å²) in [5.74, 6) is 1.99. The molecule has 2 N–H and O–H groups in total. The van der Waals surface area contributed by atoms with Gasteiger partial charge in [0.2, 0.25) is 0 Å². The van der Waals surface area contributed by atoms with Crippen molar-refractivity contribution in [2.45, 2.75) is 20.4 Å². The van der Waals surface area contributed by atoms with Crippen LogP contribution in [0.25, 0.3) is 0 Å². The van der Waals surface area contributed by atoms with Crippen molar-refractivity contribution in [3.05, 3.63) is 47.2 Å². The summed E-state index contributed by atoms with van der Waals surface area (Å²) in [6.07, 6.45) is 0. The van der Waals surface area contributed by atoms with E-state index in [9.17, 15) is 0 Å². The predicted molar refractivity (Wildman–Crippen MR) is 62.6 cm³/mol. The zero-order valence-electron chi connectivity index (χ0n) is 9.49. The first-order valence-electron chi connectivity index (χ1n) is 5.22. The molecule has 3 nitrogen and oxygen atoms in total. The molecule has 0 aliphatic carbocycles. The fourth-order valence-corrected chi connectivity index (χ4v) is 1.63. The molecule has 0 fully saturated rings. The van der Waals surface area contributed by atoms with E-state index in [2.05, 4.69) is 6.07 Å². The van der Waals surface area contributed by atoms with Crippen molar-refractivity contribution < 1.29 is 9.15 Å². The molecule has 84 valence electrons. The van der Waals surface area contributed by atoms with E-state index in [-0.39, 0.29) is 0 Å². The zero-order valence-corrected chi connectivity index (χ0v) is 9.49. The Labute approximate surface area is 94.8 Å². The minimum atomic E-state index is 0.385. The van der Waals surface area contributed by atoms with Gasteiger partial charge in [-0.2, -0.15) is 0 Å². The van der Waals surface area contributed by atoms with E-state index in [1.807, 2.05) is 32.0 Å². The number of rotatable bonds is 3. The van der Waals surface area contributed by atoms with Gasteiger partial charge in [0, 0.05) is 6.07 Å². The normalized spacial score (nSPS) is 10.4. The second-order valence-electron chi connectivity index (χ2n) is 3.85. The van der Waals surface area contributed by atoms with Gasteiger partial charge in [0.1, 0.15) is 11.5 Å². The molecule has 1 aromatic carbocycles. The Hall–Kier alpha value is -1.74. The second-order valence-corrected chi connectivity index (χ2v) is 3.85. The maximum Gasteiger partial charge on any atom is 0.290 e. The summed E-state index contributed by atoms with van der Waals surface area (Å²) < 4.78 is 11.0. The van der Waals surface area contributed by atoms with E-state index in [4.69, 9.17) is 14.9 Å². The van der Waals surface area contributed by atoms with Crippen molar-refractivity contribution >= 4 is 0 Å². The van der Waals surface area contributed by atoms with Crippen LogP contribution in [-0.2, 0) is 6.54 Å². The van der Waals surface area contributed by atoms with Crippen LogP contribution in [0.3, 0.4) is 0 Å². The average Bonchev–Trinajstić information content (AvgIpc) is 2.64. The maximum atomic E-state index is 5.60. The van der Waals surface area contributed by atoms with E-state index in [1.165, 1.54) is 11.1 Å². The highest BCUT2D eigenvalue weighted by Gasteiger charge is 2.03. The van der Waals surface area contributed by atoms with E-state index < -0.39 is 0 Å². The minimum Gasteiger partial charge on any atom is -0.429 e. The number of aryl methyl sites for hydroxylation is 2. The Bertz CT molecular complexity index is 468. The molecule has 0 saturated heterocycles. The Balaban J connectivity index is 2.19. The number of hydrogen-bond acceptors (Lipinski definition) is 3. The molecule has 0 radical (unpaired) electrons. The molecular formula is C13H15NO2. The Morgan fingerprint density at radius 1 is 1.12 bits per heavy atom. The monoisotopic (exact) mass is 217 g/mol. The van der Waals surface area contributed by atoms with Crippen molar-refractivity contribution in [1.82, 2.24) is 0 Å². The van der Waals surface area contributed by atoms with Crippen LogP contribution in [0.4, 0.5) is 0 Å². The first kappa shape index (κ1) is 10.8. The third-order valence-corrected chi connectivity index (χ3v) is 2.25. The SMILES string of the molecule is Cc1cc(C)cc(Oc2ccc(CN)o2)c1. The molecule has 0 atom stereocenters. The summed E-state index contributed by atoms with van der Waals surface area (Å²) in [5.41, 5.74) is 7.79. The molecule has 0 spiro atoms. The van der Waals surface area contributed by atoms with Crippen molar-refractivity contribution in [1.29, 1.82) is 0 Å². The van der Waals surface area contributed by atoms with Crippen LogP contribution in [0.5, 0.6) is 11.7 Å². The quantitative estimate of drug-likeness (QED) is 0.859. The lowest BCUT2D eigenvalue weighted by Gasteiger charge is -2.04. The van der Waals surface area contributed by atoms with E-state index >= 15 is 0 Å². The van der Waals surface area contributed by atoms with Gasteiger partial charge >= 0.3 is 0 Å². The maximum absolute atomic E-state index is 5.60. The van der Waals surface area contributed by atoms with Crippen molar-refractivity contribution in [2.24, 2.45) is 5.73 Å². The molecule has 0 bridgehead atoms. The molecule has 16 heavy (non-hydrogen) atoms. The standard InChI is InChI=1S/C13H15NO2/c1-9-5-10(2)7-12(6-9)16-13-4-3-11(8-14)15-13/h3-7H,8,14H2,1-2H3. The summed E-state index contributed by atoms with van der Waals surface area (Å²) in [6.45, 7) is 4.46. The van der Waals surface area contributed by atoms with E-state index in [1.54, 1.807) is 6.07 Å². The Kier molecular flexibility index (Phi) is 2.97. The van der Waals surface area contributed by atoms with Crippen molar-refractivity contribution in [2.75, 3.05) is 0 Å². The first-order chi connectivity index (χ1) is 7.67. The van der Waals surface area contributed by atoms with Gasteiger partial charge in [0.25, 0.3) is 5.95 Å². The topological polar surface area (TPSA) is 48.4 Å². The van der Waals surface area contributed by atoms with Gasteiger partial charge in [-0.25, -0.2) is 0 Å². The molecule has 2 rings (SSSR count). The number of ether oxygens (including phenoxy) is 1. The summed E-state index contributed by atoms with van der Waals surface area (Å²) >= 11 is 0. The fourth-order valence-electron chi connectivity index (χ4n) is 1.63. The molecule has 0 saturated carbocycles. The van der Waals surface area contributed by atoms with Crippen LogP contribution in [0, 0.1) is 13.8 Å². The van der Waals surface area contributed by atoms with Gasteiger partial charge in [-0.05, 0) is 43.2 Å². The molecule has 0 aliphatic heterocycles. The number of furan rings is 1. The lowest BCUT2D eigenvalue weighted by atomic mass is 10.1. The number of benzene rings is 1. The number of nitrogens with two attached hydrogens (primary N) is 1. The molecule has 0 aliphatic rings. The molecule has 0 amide bonds. The molecule has 2 aromatic rings. The smallest absolute Gasteiger partial charge is 0.290 e. The van der Waals surface area contributed by atoms with Crippen LogP contribution in [0.15, 0.2) is 34.7 Å². The van der Waals surface area contributed by atoms with Gasteiger partial charge in [-0.15, -0.1) is 0 Å². The summed E-state index contributed by atoms with van der Waals surface area (Å²) in [6, 6.07) is 9.63. The first-order valence-corrected chi connectivity index (χ1v) is 5.22. The van der Waals surface area contributed by atoms with Gasteiger partial charge in [-0.1, -0.05) is 6.07 Å². The van der Waals surface area contributed by atoms with Crippen molar-refractivity contribution in [3.8, 4) is 11.7 Å². The Morgan fingerprint density at radius 3 is 2.38 bits per heavy atom. The van der Waals surface area contributed by atoms with Gasteiger partial charge in [-0.3, -0.25) is 0 Å². The zero-order chi connectivity index (χ0) is 11.5. The summed E-state index contributed by atoms with van der Waals surface area (Å²) in [4.78, 5) is 0. The molecular weight excluding hydrogens is 202 g/mol. The highest BCUT2D eigenvalue weighted by atomic mass is 16.6. The van der Waals surface area contributed by atoms with Gasteiger partial charge in [0.15, 0.2) is 0 Å². The van der Waals surface area contributed by atoms with Crippen LogP contribution < -0.4 is 10.5 Å². The summed E-state index contributed by atoms with van der Waals surface area (Å²) in [7, 11) is 0. The highest BCUT2D eigenvalue weighted by Crippen LogP contribution is 2.25. The van der Waals surface area contributed by atoms with Gasteiger partial charge < -0.3 is 14.9 Å². The lowest BCUT2D eigenvalue weighted by molar-refractivity contribution is 0.332. The number of hydrogen-bond donors (Lipinski definition) is 1. The molecule has 1 heterocycles. The summed E-state index contributed by atoms with van der Waals surface area (Å²) in [5, 5.41) is 0. The van der Waals surface area contributed by atoms with Crippen LogP contribution in [0.1, 0.15) is 16.9 Å². The van der Waals surface area contributed by atoms with Crippen LogP contribution >= 0.6 is 0 Å². The third kappa shape index (κ3) is 2.44. The van der Waals surface area contributed by atoms with Gasteiger partial charge in [0.05, 0.1) is 6.54 Å². The third-order valence-electron chi connectivity index (χ3n) is 2.25. The second kappa shape index (κ2) is 4.41. The van der Waals surface area contributed by atoms with E-state index in [0.29, 0.717) is 12.5 Å². The van der Waals surface area contributed by atoms with Crippen LogP contribution in [-0.4, -0.2) is 0 Å². The fraction of sp³-hybridized carbons (Fsp3) is 0.231. The highest BCUT2D eigenvalue weighted by molar-refractivity contribution is 5.35. The molecule has 3 heteroatoms. The largest absolute Gasteiger partial charge is 0.429 e. The molecule has 0 unspecified atom stereocenters. The molecule has 1 aromatic heterocycles. The lowest BCUT2D eigenvalue weighted by Crippen LogP contribution is -1.92.